The molecule has 2 amide bonds. The first-order valence-electron chi connectivity index (χ1n) is 8.77. The fourth-order valence-electron chi connectivity index (χ4n) is 2.83. The third kappa shape index (κ3) is 5.52. The van der Waals surface area contributed by atoms with E-state index in [2.05, 4.69) is 26.0 Å². The molecule has 0 aliphatic carbocycles. The zero-order valence-corrected chi connectivity index (χ0v) is 14.6. The number of hydrogen-bond acceptors (Lipinski definition) is 3. The Bertz CT molecular complexity index is 566. The van der Waals surface area contributed by atoms with Gasteiger partial charge in [-0.15, -0.1) is 0 Å². The van der Waals surface area contributed by atoms with Crippen LogP contribution in [0.25, 0.3) is 0 Å². The third-order valence-corrected chi connectivity index (χ3v) is 4.08. The average Bonchev–Trinajstić information content (AvgIpc) is 2.92. The fraction of sp³-hybridized carbons (Fsp3) is 0.500. The highest BCUT2D eigenvalue weighted by molar-refractivity contribution is 5.93. The molecule has 4 nitrogen and oxygen atoms in total. The van der Waals surface area contributed by atoms with Crippen LogP contribution in [0.3, 0.4) is 0 Å². The number of hydrogen-bond donors (Lipinski definition) is 0. The van der Waals surface area contributed by atoms with Gasteiger partial charge < -0.3 is 4.74 Å². The lowest BCUT2D eigenvalue weighted by Gasteiger charge is -2.19. The minimum atomic E-state index is -0.499. The first kappa shape index (κ1) is 18.2. The van der Waals surface area contributed by atoms with Crippen molar-refractivity contribution in [2.24, 2.45) is 5.92 Å². The lowest BCUT2D eigenvalue weighted by molar-refractivity contribution is -0.129. The Morgan fingerprint density at radius 1 is 1.29 bits per heavy atom. The van der Waals surface area contributed by atoms with E-state index >= 15 is 0 Å². The van der Waals surface area contributed by atoms with Gasteiger partial charge >= 0.3 is 6.09 Å². The molecule has 0 aromatic heterocycles. The Morgan fingerprint density at radius 2 is 2.04 bits per heavy atom. The molecule has 130 valence electrons. The molecule has 1 saturated heterocycles. The van der Waals surface area contributed by atoms with Gasteiger partial charge in [-0.25, -0.2) is 9.69 Å². The van der Waals surface area contributed by atoms with E-state index in [-0.39, 0.29) is 18.6 Å². The maximum Gasteiger partial charge on any atom is 0.416 e. The smallest absolute Gasteiger partial charge is 0.416 e. The van der Waals surface area contributed by atoms with Gasteiger partial charge in [-0.05, 0) is 37.2 Å². The molecule has 1 heterocycles. The summed E-state index contributed by atoms with van der Waals surface area (Å²) in [5.41, 5.74) is 1.11. The van der Waals surface area contributed by atoms with Gasteiger partial charge in [0.1, 0.15) is 6.61 Å². The number of amides is 2. The number of carbonyl (C=O) groups is 2. The van der Waals surface area contributed by atoms with E-state index in [0.717, 1.165) is 24.8 Å². The predicted molar refractivity (Wildman–Crippen MR) is 94.6 cm³/mol. The molecule has 2 rings (SSSR count). The number of unbranched alkanes of at least 4 members (excludes halogenated alkanes) is 2. The summed E-state index contributed by atoms with van der Waals surface area (Å²) in [5.74, 6) is 0.441. The first-order chi connectivity index (χ1) is 11.6. The van der Waals surface area contributed by atoms with E-state index in [1.54, 1.807) is 0 Å². The van der Waals surface area contributed by atoms with Gasteiger partial charge in [0.25, 0.3) is 0 Å². The average molecular weight is 329 g/mol. The second-order valence-electron chi connectivity index (χ2n) is 6.60. The molecule has 0 N–H and O–H groups in total. The van der Waals surface area contributed by atoms with E-state index in [1.165, 1.54) is 4.90 Å². The number of allylic oxidation sites excluding steroid dienone is 2. The maximum atomic E-state index is 12.4. The van der Waals surface area contributed by atoms with E-state index in [9.17, 15) is 9.59 Å². The summed E-state index contributed by atoms with van der Waals surface area (Å²) in [4.78, 5) is 25.6. The van der Waals surface area contributed by atoms with Crippen LogP contribution in [0.15, 0.2) is 42.5 Å². The molecule has 0 radical (unpaired) electrons. The largest absolute Gasteiger partial charge is 0.447 e. The van der Waals surface area contributed by atoms with Crippen LogP contribution in [0.4, 0.5) is 4.79 Å². The van der Waals surface area contributed by atoms with Gasteiger partial charge in [0, 0.05) is 6.42 Å². The predicted octanol–water partition coefficient (Wildman–Crippen LogP) is 4.35. The Morgan fingerprint density at radius 3 is 2.75 bits per heavy atom. The molecular formula is C20H27NO3. The molecule has 1 aliphatic rings. The number of imide groups is 1. The molecule has 24 heavy (non-hydrogen) atoms. The van der Waals surface area contributed by atoms with Crippen molar-refractivity contribution in [1.82, 2.24) is 4.90 Å². The van der Waals surface area contributed by atoms with E-state index in [4.69, 9.17) is 4.74 Å². The van der Waals surface area contributed by atoms with Crippen molar-refractivity contribution in [3.63, 3.8) is 0 Å². The lowest BCUT2D eigenvalue weighted by atomic mass is 10.1. The summed E-state index contributed by atoms with van der Waals surface area (Å²) >= 11 is 0. The van der Waals surface area contributed by atoms with Gasteiger partial charge in [0.05, 0.1) is 6.04 Å². The van der Waals surface area contributed by atoms with Gasteiger partial charge in [0.15, 0.2) is 0 Å². The van der Waals surface area contributed by atoms with Crippen molar-refractivity contribution < 1.29 is 14.3 Å². The minimum absolute atomic E-state index is 0.119. The highest BCUT2D eigenvalue weighted by Gasteiger charge is 2.37. The molecule has 0 spiro atoms. The van der Waals surface area contributed by atoms with Crippen molar-refractivity contribution in [1.29, 1.82) is 0 Å². The summed E-state index contributed by atoms with van der Waals surface area (Å²) in [6.07, 6.45) is 7.62. The van der Waals surface area contributed by atoms with Gasteiger partial charge in [-0.2, -0.15) is 0 Å². The zero-order valence-electron chi connectivity index (χ0n) is 14.6. The van der Waals surface area contributed by atoms with Crippen LogP contribution in [0.5, 0.6) is 0 Å². The molecule has 1 aromatic rings. The first-order valence-corrected chi connectivity index (χ1v) is 8.77. The fourth-order valence-corrected chi connectivity index (χ4v) is 2.83. The molecule has 1 unspecified atom stereocenters. The van der Waals surface area contributed by atoms with Gasteiger partial charge in [-0.1, -0.05) is 56.3 Å². The van der Waals surface area contributed by atoms with Crippen LogP contribution in [-0.2, 0) is 16.0 Å². The quantitative estimate of drug-likeness (QED) is 0.526. The van der Waals surface area contributed by atoms with Crippen LogP contribution in [0.1, 0.15) is 45.1 Å². The Hall–Kier alpha value is -2.10. The van der Waals surface area contributed by atoms with Crippen molar-refractivity contribution >= 4 is 12.0 Å². The van der Waals surface area contributed by atoms with Crippen LogP contribution >= 0.6 is 0 Å². The van der Waals surface area contributed by atoms with Crippen molar-refractivity contribution in [2.45, 2.75) is 52.0 Å². The summed E-state index contributed by atoms with van der Waals surface area (Å²) in [5, 5.41) is 0. The number of benzene rings is 1. The highest BCUT2D eigenvalue weighted by atomic mass is 16.6. The van der Waals surface area contributed by atoms with Crippen LogP contribution in [0, 0.1) is 5.92 Å². The molecule has 0 saturated carbocycles. The molecular weight excluding hydrogens is 302 g/mol. The van der Waals surface area contributed by atoms with E-state index < -0.39 is 6.09 Å². The Labute approximate surface area is 144 Å². The maximum absolute atomic E-state index is 12.4. The van der Waals surface area contributed by atoms with Crippen molar-refractivity contribution in [3.8, 4) is 0 Å². The second-order valence-corrected chi connectivity index (χ2v) is 6.60. The lowest BCUT2D eigenvalue weighted by Crippen LogP contribution is -2.40. The summed E-state index contributed by atoms with van der Waals surface area (Å²) in [6, 6.07) is 9.71. The zero-order chi connectivity index (χ0) is 17.4. The number of rotatable bonds is 8. The number of nitrogens with zero attached hydrogens (tertiary/aromatic N) is 1. The van der Waals surface area contributed by atoms with E-state index in [0.29, 0.717) is 18.8 Å². The van der Waals surface area contributed by atoms with Crippen LogP contribution < -0.4 is 0 Å². The third-order valence-electron chi connectivity index (χ3n) is 4.08. The summed E-state index contributed by atoms with van der Waals surface area (Å²) < 4.78 is 5.10. The Balaban J connectivity index is 1.81. The van der Waals surface area contributed by atoms with Crippen molar-refractivity contribution in [2.75, 3.05) is 6.61 Å². The molecule has 1 fully saturated rings. The standard InChI is InChI=1S/C20H27NO3/c1-16(2)10-6-3-4-9-13-19(22)21-18(15-24-20(21)23)14-17-11-7-5-8-12-17/h5-8,10-12,16,18H,3-4,9,13-15H2,1-2H3. The van der Waals surface area contributed by atoms with Crippen LogP contribution in [-0.4, -0.2) is 29.5 Å². The van der Waals surface area contributed by atoms with E-state index in [1.807, 2.05) is 30.3 Å². The summed E-state index contributed by atoms with van der Waals surface area (Å²) in [7, 11) is 0. The Kier molecular flexibility index (Phi) is 7.04. The monoisotopic (exact) mass is 329 g/mol. The SMILES string of the molecule is CC(C)C=CCCCCC(=O)N1C(=O)OCC1Cc1ccccc1. The summed E-state index contributed by atoms with van der Waals surface area (Å²) in [6.45, 7) is 4.58. The van der Waals surface area contributed by atoms with Gasteiger partial charge in [0.2, 0.25) is 5.91 Å². The molecule has 1 aliphatic heterocycles. The minimum Gasteiger partial charge on any atom is -0.447 e. The number of ether oxygens (including phenoxy) is 1. The molecule has 4 heteroatoms. The topological polar surface area (TPSA) is 46.6 Å². The second kappa shape index (κ2) is 9.26. The van der Waals surface area contributed by atoms with Crippen LogP contribution in [0.2, 0.25) is 0 Å². The highest BCUT2D eigenvalue weighted by Crippen LogP contribution is 2.19. The van der Waals surface area contributed by atoms with Crippen molar-refractivity contribution in [3.05, 3.63) is 48.0 Å². The number of cyclic esters (lactones) is 1. The molecule has 0 bridgehead atoms. The normalized spacial score (nSPS) is 17.7. The van der Waals surface area contributed by atoms with Gasteiger partial charge in [-0.3, -0.25) is 4.79 Å². The molecule has 1 aromatic carbocycles. The molecule has 1 atom stereocenters. The number of carbonyl (C=O) groups excluding carboxylic acids is 2.